The fourth-order valence-corrected chi connectivity index (χ4v) is 6.02. The Bertz CT molecular complexity index is 1820. The van der Waals surface area contributed by atoms with Crippen molar-refractivity contribution in [3.05, 3.63) is 94.8 Å². The molecule has 1 unspecified atom stereocenters. The van der Waals surface area contributed by atoms with E-state index in [2.05, 4.69) is 20.4 Å². The Hall–Kier alpha value is -4.15. The lowest BCUT2D eigenvalue weighted by atomic mass is 9.88. The Kier molecular flexibility index (Phi) is 6.00. The summed E-state index contributed by atoms with van der Waals surface area (Å²) in [7, 11) is 0. The van der Waals surface area contributed by atoms with E-state index in [9.17, 15) is 10.2 Å². The predicted molar refractivity (Wildman–Crippen MR) is 159 cm³/mol. The van der Waals surface area contributed by atoms with Gasteiger partial charge in [-0.3, -0.25) is 13.8 Å². The molecule has 0 aliphatic heterocycles. The second kappa shape index (κ2) is 9.43. The monoisotopic (exact) mass is 564 g/mol. The fraction of sp³-hybridized carbons (Fsp3) is 0.406. The Labute approximate surface area is 244 Å². The first kappa shape index (κ1) is 26.7. The van der Waals surface area contributed by atoms with Crippen LogP contribution in [0.2, 0.25) is 0 Å². The summed E-state index contributed by atoms with van der Waals surface area (Å²) >= 11 is 0. The van der Waals surface area contributed by atoms with Gasteiger partial charge >= 0.3 is 0 Å². The van der Waals surface area contributed by atoms with Gasteiger partial charge in [0.05, 0.1) is 23.2 Å². The molecular formula is C32H36N8O2. The molecule has 0 radical (unpaired) electrons. The van der Waals surface area contributed by atoms with Crippen molar-refractivity contribution in [3.8, 4) is 0 Å². The number of fused-ring (bicyclic) bond motifs is 2. The van der Waals surface area contributed by atoms with E-state index < -0.39 is 16.6 Å². The first-order chi connectivity index (χ1) is 20.1. The van der Waals surface area contributed by atoms with Crippen molar-refractivity contribution in [3.63, 3.8) is 0 Å². The first-order valence-electron chi connectivity index (χ1n) is 14.6. The van der Waals surface area contributed by atoms with Crippen LogP contribution in [0.3, 0.4) is 0 Å². The minimum absolute atomic E-state index is 0.277. The Morgan fingerprint density at radius 3 is 2.33 bits per heavy atom. The van der Waals surface area contributed by atoms with Gasteiger partial charge in [-0.05, 0) is 69.7 Å². The zero-order chi connectivity index (χ0) is 29.3. The molecule has 10 nitrogen and oxygen atoms in total. The summed E-state index contributed by atoms with van der Waals surface area (Å²) in [6, 6.07) is 15.8. The van der Waals surface area contributed by atoms with Gasteiger partial charge in [0.2, 0.25) is 0 Å². The van der Waals surface area contributed by atoms with E-state index >= 15 is 0 Å². The van der Waals surface area contributed by atoms with Gasteiger partial charge < -0.3 is 15.9 Å². The van der Waals surface area contributed by atoms with Crippen molar-refractivity contribution < 1.29 is 10.2 Å². The van der Waals surface area contributed by atoms with E-state index in [0.717, 1.165) is 42.6 Å². The van der Waals surface area contributed by atoms with Gasteiger partial charge in [0, 0.05) is 35.9 Å². The molecular weight excluding hydrogens is 528 g/mol. The third-order valence-electron chi connectivity index (χ3n) is 8.70. The molecule has 0 saturated heterocycles. The molecule has 10 heteroatoms. The van der Waals surface area contributed by atoms with E-state index in [0.29, 0.717) is 46.5 Å². The summed E-state index contributed by atoms with van der Waals surface area (Å²) in [5, 5.41) is 41.1. The standard InChI is InChI=1S/C32H36N8O2/c1-30(2,41)24-16-21(17-31(3,42)23-10-7-15-39-25(22-11-12-22)35-36-26(23)39)19-40-27(24)37-38-29(40)32(13-14-32)28(33)34-18-20-8-5-4-6-9-20/h4-10,15-16,19,22,41-42H,11-14,17-18H2,1-3H3,(H2,33,34). The summed E-state index contributed by atoms with van der Waals surface area (Å²) in [5.41, 5.74) is 8.13. The molecule has 216 valence electrons. The zero-order valence-electron chi connectivity index (χ0n) is 24.2. The van der Waals surface area contributed by atoms with Crippen molar-refractivity contribution in [2.45, 2.75) is 82.0 Å². The number of aromatic nitrogens is 6. The molecule has 2 saturated carbocycles. The minimum atomic E-state index is -1.26. The molecule has 4 N–H and O–H groups in total. The Morgan fingerprint density at radius 2 is 1.64 bits per heavy atom. The third kappa shape index (κ3) is 4.55. The number of hydrogen-bond donors (Lipinski definition) is 3. The van der Waals surface area contributed by atoms with E-state index in [1.54, 1.807) is 20.8 Å². The molecule has 0 spiro atoms. The van der Waals surface area contributed by atoms with Crippen LogP contribution in [-0.2, 0) is 29.6 Å². The largest absolute Gasteiger partial charge is 0.387 e. The van der Waals surface area contributed by atoms with Gasteiger partial charge in [0.25, 0.3) is 0 Å². The predicted octanol–water partition coefficient (Wildman–Crippen LogP) is 3.92. The Morgan fingerprint density at radius 1 is 0.929 bits per heavy atom. The summed E-state index contributed by atoms with van der Waals surface area (Å²) in [4.78, 5) is 4.74. The quantitative estimate of drug-likeness (QED) is 0.182. The lowest BCUT2D eigenvalue weighted by Gasteiger charge is -2.26. The van der Waals surface area contributed by atoms with Gasteiger partial charge in [-0.2, -0.15) is 0 Å². The van der Waals surface area contributed by atoms with Crippen molar-refractivity contribution in [1.82, 2.24) is 29.2 Å². The van der Waals surface area contributed by atoms with Gasteiger partial charge in [-0.25, -0.2) is 0 Å². The van der Waals surface area contributed by atoms with Gasteiger partial charge in [-0.15, -0.1) is 20.4 Å². The highest BCUT2D eigenvalue weighted by Gasteiger charge is 2.52. The van der Waals surface area contributed by atoms with Crippen LogP contribution in [0, 0.1) is 0 Å². The number of amidine groups is 1. The molecule has 7 rings (SSSR count). The maximum atomic E-state index is 11.9. The topological polar surface area (TPSA) is 139 Å². The molecule has 5 aromatic rings. The van der Waals surface area contributed by atoms with Crippen LogP contribution in [0.15, 0.2) is 65.9 Å². The summed E-state index contributed by atoms with van der Waals surface area (Å²) < 4.78 is 3.93. The van der Waals surface area contributed by atoms with Crippen molar-refractivity contribution in [2.75, 3.05) is 0 Å². The zero-order valence-corrected chi connectivity index (χ0v) is 24.2. The van der Waals surface area contributed by atoms with Gasteiger partial charge in [-0.1, -0.05) is 36.4 Å². The smallest absolute Gasteiger partial charge is 0.166 e. The van der Waals surface area contributed by atoms with Crippen LogP contribution in [0.5, 0.6) is 0 Å². The number of benzene rings is 1. The van der Waals surface area contributed by atoms with Crippen LogP contribution in [0.25, 0.3) is 11.3 Å². The van der Waals surface area contributed by atoms with Crippen molar-refractivity contribution >= 4 is 17.1 Å². The second-order valence-corrected chi connectivity index (χ2v) is 12.7. The fourth-order valence-electron chi connectivity index (χ4n) is 6.02. The van der Waals surface area contributed by atoms with Gasteiger partial charge in [0.15, 0.2) is 17.1 Å². The Balaban J connectivity index is 1.28. The molecule has 0 bridgehead atoms. The molecule has 2 aliphatic rings. The normalized spacial score (nSPS) is 18.5. The van der Waals surface area contributed by atoms with Gasteiger partial charge in [0.1, 0.15) is 11.7 Å². The van der Waals surface area contributed by atoms with E-state index in [1.165, 1.54) is 0 Å². The summed E-state index contributed by atoms with van der Waals surface area (Å²) in [6.07, 6.45) is 8.06. The second-order valence-electron chi connectivity index (χ2n) is 12.7. The SMILES string of the molecule is CC(C)(O)c1cc(CC(C)(O)c2cccn3c(C4CC4)nnc23)cn2c(C3(C(N)=NCc4ccccc4)CC3)nnc12. The lowest BCUT2D eigenvalue weighted by Crippen LogP contribution is -2.31. The molecule has 1 atom stereocenters. The van der Waals surface area contributed by atoms with Crippen LogP contribution >= 0.6 is 0 Å². The minimum Gasteiger partial charge on any atom is -0.387 e. The number of hydrogen-bond acceptors (Lipinski definition) is 7. The summed E-state index contributed by atoms with van der Waals surface area (Å²) in [6.45, 7) is 5.76. The van der Waals surface area contributed by atoms with Crippen LogP contribution in [0.1, 0.15) is 86.3 Å². The molecule has 4 heterocycles. The average molecular weight is 565 g/mol. The molecule has 2 fully saturated rings. The molecule has 4 aromatic heterocycles. The number of pyridine rings is 2. The van der Waals surface area contributed by atoms with Crippen LogP contribution < -0.4 is 5.73 Å². The number of rotatable bonds is 9. The highest BCUT2D eigenvalue weighted by molar-refractivity contribution is 5.94. The number of aliphatic hydroxyl groups is 2. The molecule has 1 aromatic carbocycles. The first-order valence-corrected chi connectivity index (χ1v) is 14.6. The summed E-state index contributed by atoms with van der Waals surface area (Å²) in [5.74, 6) is 2.62. The number of aliphatic imine (C=N–C) groups is 1. The highest BCUT2D eigenvalue weighted by atomic mass is 16.3. The number of nitrogens with zero attached hydrogens (tertiary/aromatic N) is 7. The van der Waals surface area contributed by atoms with E-state index in [1.807, 2.05) is 69.7 Å². The molecule has 42 heavy (non-hydrogen) atoms. The highest BCUT2D eigenvalue weighted by Crippen LogP contribution is 2.48. The van der Waals surface area contributed by atoms with Crippen molar-refractivity contribution in [2.24, 2.45) is 10.7 Å². The van der Waals surface area contributed by atoms with Crippen LogP contribution in [0.4, 0.5) is 0 Å². The lowest BCUT2D eigenvalue weighted by molar-refractivity contribution is 0.0577. The third-order valence-corrected chi connectivity index (χ3v) is 8.70. The maximum Gasteiger partial charge on any atom is 0.166 e. The number of nitrogens with two attached hydrogens (primary N) is 1. The van der Waals surface area contributed by atoms with E-state index in [4.69, 9.17) is 10.7 Å². The molecule has 0 amide bonds. The average Bonchev–Trinajstić information content (AvgIpc) is 3.88. The van der Waals surface area contributed by atoms with E-state index in [-0.39, 0.29) is 6.42 Å². The van der Waals surface area contributed by atoms with Crippen molar-refractivity contribution in [1.29, 1.82) is 0 Å². The van der Waals surface area contributed by atoms with Crippen LogP contribution in [-0.4, -0.2) is 45.2 Å². The maximum absolute atomic E-state index is 11.9. The molecule has 2 aliphatic carbocycles.